The maximum absolute atomic E-state index is 10.4. The van der Waals surface area contributed by atoms with E-state index in [2.05, 4.69) is 9.97 Å². The highest BCUT2D eigenvalue weighted by Gasteiger charge is 2.11. The minimum absolute atomic E-state index is 0.0225. The zero-order valence-corrected chi connectivity index (χ0v) is 6.80. The first-order chi connectivity index (χ1) is 6.25. The molecule has 70 valence electrons. The Kier molecular flexibility index (Phi) is 3.15. The Bertz CT molecular complexity index is 319. The monoisotopic (exact) mass is 183 g/mol. The van der Waals surface area contributed by atoms with Gasteiger partial charge in [-0.25, -0.2) is 9.97 Å². The Morgan fingerprint density at radius 1 is 1.77 bits per heavy atom. The van der Waals surface area contributed by atoms with Crippen LogP contribution in [0.4, 0.5) is 5.82 Å². The summed E-state index contributed by atoms with van der Waals surface area (Å²) < 4.78 is 0. The van der Waals surface area contributed by atoms with Crippen LogP contribution in [0, 0.1) is 10.1 Å². The summed E-state index contributed by atoms with van der Waals surface area (Å²) in [5, 5.41) is 18.8. The van der Waals surface area contributed by atoms with Crippen LogP contribution in [0.3, 0.4) is 0 Å². The van der Waals surface area contributed by atoms with Crippen molar-refractivity contribution in [3.63, 3.8) is 0 Å². The van der Waals surface area contributed by atoms with Crippen LogP contribution in [0.2, 0.25) is 0 Å². The maximum Gasteiger partial charge on any atom is 0.347 e. The van der Waals surface area contributed by atoms with Crippen molar-refractivity contribution in [2.75, 3.05) is 6.61 Å². The summed E-state index contributed by atoms with van der Waals surface area (Å²) in [6.07, 6.45) is 4.86. The van der Waals surface area contributed by atoms with Crippen LogP contribution >= 0.6 is 0 Å². The normalized spacial score (nSPS) is 10.8. The Morgan fingerprint density at radius 2 is 2.54 bits per heavy atom. The third-order valence-corrected chi connectivity index (χ3v) is 1.40. The second-order valence-electron chi connectivity index (χ2n) is 2.31. The fourth-order valence-electron chi connectivity index (χ4n) is 0.836. The number of aromatic amines is 1. The van der Waals surface area contributed by atoms with Crippen LogP contribution in [0.15, 0.2) is 12.4 Å². The van der Waals surface area contributed by atoms with E-state index in [1.807, 2.05) is 0 Å². The lowest BCUT2D eigenvalue weighted by Crippen LogP contribution is -1.90. The quantitative estimate of drug-likeness (QED) is 0.531. The van der Waals surface area contributed by atoms with Gasteiger partial charge in [-0.05, 0) is 17.4 Å². The topological polar surface area (TPSA) is 92.0 Å². The van der Waals surface area contributed by atoms with Crippen LogP contribution < -0.4 is 0 Å². The van der Waals surface area contributed by atoms with E-state index in [0.29, 0.717) is 6.42 Å². The molecule has 13 heavy (non-hydrogen) atoms. The first kappa shape index (κ1) is 9.40. The fourth-order valence-corrected chi connectivity index (χ4v) is 0.836. The number of hydrogen-bond donors (Lipinski definition) is 2. The summed E-state index contributed by atoms with van der Waals surface area (Å²) in [7, 11) is 0. The molecule has 0 aliphatic heterocycles. The van der Waals surface area contributed by atoms with Gasteiger partial charge in [0.25, 0.3) is 0 Å². The van der Waals surface area contributed by atoms with Crippen molar-refractivity contribution in [1.82, 2.24) is 9.97 Å². The highest BCUT2D eigenvalue weighted by atomic mass is 16.6. The second-order valence-corrected chi connectivity index (χ2v) is 2.31. The molecule has 2 N–H and O–H groups in total. The van der Waals surface area contributed by atoms with Gasteiger partial charge in [-0.2, -0.15) is 0 Å². The summed E-state index contributed by atoms with van der Waals surface area (Å²) in [6.45, 7) is 0.0225. The van der Waals surface area contributed by atoms with E-state index in [1.54, 1.807) is 6.08 Å². The molecule has 0 aliphatic carbocycles. The summed E-state index contributed by atoms with van der Waals surface area (Å²) in [5.41, 5.74) is 0.276. The van der Waals surface area contributed by atoms with Gasteiger partial charge in [-0.1, -0.05) is 6.08 Å². The predicted molar refractivity (Wildman–Crippen MR) is 46.0 cm³/mol. The number of nitro groups is 1. The van der Waals surface area contributed by atoms with Crippen LogP contribution in [0.25, 0.3) is 6.08 Å². The zero-order chi connectivity index (χ0) is 9.68. The Morgan fingerprint density at radius 3 is 3.15 bits per heavy atom. The SMILES string of the molecule is O=[N+]([O-])c1[nH]cnc1C=CCCO. The van der Waals surface area contributed by atoms with Crippen molar-refractivity contribution in [3.8, 4) is 0 Å². The van der Waals surface area contributed by atoms with Crippen molar-refractivity contribution in [2.24, 2.45) is 0 Å². The molecule has 1 aromatic rings. The van der Waals surface area contributed by atoms with E-state index in [1.165, 1.54) is 12.4 Å². The number of aliphatic hydroxyl groups excluding tert-OH is 1. The Labute approximate surface area is 74.1 Å². The molecular weight excluding hydrogens is 174 g/mol. The van der Waals surface area contributed by atoms with Crippen LogP contribution in [0.5, 0.6) is 0 Å². The van der Waals surface area contributed by atoms with Gasteiger partial charge < -0.3 is 15.2 Å². The van der Waals surface area contributed by atoms with Crippen LogP contribution in [0.1, 0.15) is 12.1 Å². The summed E-state index contributed by atoms with van der Waals surface area (Å²) in [4.78, 5) is 16.0. The van der Waals surface area contributed by atoms with E-state index >= 15 is 0 Å². The average molecular weight is 183 g/mol. The molecule has 0 atom stereocenters. The van der Waals surface area contributed by atoms with Crippen molar-refractivity contribution < 1.29 is 10.0 Å². The molecule has 0 bridgehead atoms. The molecule has 1 rings (SSSR count). The second kappa shape index (κ2) is 4.36. The minimum Gasteiger partial charge on any atom is -0.396 e. The number of nitrogens with zero attached hydrogens (tertiary/aromatic N) is 2. The van der Waals surface area contributed by atoms with Crippen molar-refractivity contribution in [1.29, 1.82) is 0 Å². The molecule has 0 radical (unpaired) electrons. The molecular formula is C7H9N3O3. The number of rotatable bonds is 4. The van der Waals surface area contributed by atoms with Crippen molar-refractivity contribution in [3.05, 3.63) is 28.2 Å². The number of hydrogen-bond acceptors (Lipinski definition) is 4. The van der Waals surface area contributed by atoms with Gasteiger partial charge in [-0.15, -0.1) is 0 Å². The molecule has 6 heteroatoms. The Hall–Kier alpha value is -1.69. The van der Waals surface area contributed by atoms with Crippen molar-refractivity contribution >= 4 is 11.9 Å². The predicted octanol–water partition coefficient (Wildman–Crippen LogP) is 0.714. The van der Waals surface area contributed by atoms with Gasteiger partial charge in [0.1, 0.15) is 0 Å². The van der Waals surface area contributed by atoms with Gasteiger partial charge >= 0.3 is 5.82 Å². The van der Waals surface area contributed by atoms with Gasteiger partial charge in [0, 0.05) is 6.61 Å². The number of H-pyrrole nitrogens is 1. The van der Waals surface area contributed by atoms with E-state index in [0.717, 1.165) is 0 Å². The molecule has 0 saturated heterocycles. The highest BCUT2D eigenvalue weighted by molar-refractivity contribution is 5.53. The molecule has 1 aromatic heterocycles. The van der Waals surface area contributed by atoms with Crippen LogP contribution in [-0.2, 0) is 0 Å². The van der Waals surface area contributed by atoms with Gasteiger partial charge in [0.2, 0.25) is 0 Å². The molecule has 1 heterocycles. The molecule has 0 aliphatic rings. The van der Waals surface area contributed by atoms with Gasteiger partial charge in [0.05, 0.1) is 0 Å². The fraction of sp³-hybridized carbons (Fsp3) is 0.286. The van der Waals surface area contributed by atoms with Crippen molar-refractivity contribution in [2.45, 2.75) is 6.42 Å². The van der Waals surface area contributed by atoms with Gasteiger partial charge in [-0.3, -0.25) is 0 Å². The molecule has 0 saturated carbocycles. The molecule has 0 unspecified atom stereocenters. The molecule has 0 amide bonds. The van der Waals surface area contributed by atoms with Gasteiger partial charge in [0.15, 0.2) is 12.0 Å². The highest BCUT2D eigenvalue weighted by Crippen LogP contribution is 2.13. The lowest BCUT2D eigenvalue weighted by molar-refractivity contribution is -0.389. The molecule has 6 nitrogen and oxygen atoms in total. The smallest absolute Gasteiger partial charge is 0.347 e. The minimum atomic E-state index is -0.536. The molecule has 0 aromatic carbocycles. The lowest BCUT2D eigenvalue weighted by atomic mass is 10.3. The number of nitrogens with one attached hydrogen (secondary N) is 1. The van der Waals surface area contributed by atoms with E-state index in [-0.39, 0.29) is 18.1 Å². The third kappa shape index (κ3) is 2.38. The van der Waals surface area contributed by atoms with Crippen LogP contribution in [-0.4, -0.2) is 26.6 Å². The number of imidazole rings is 1. The first-order valence-corrected chi connectivity index (χ1v) is 3.71. The summed E-state index contributed by atoms with van der Waals surface area (Å²) >= 11 is 0. The lowest BCUT2D eigenvalue weighted by Gasteiger charge is -1.90. The maximum atomic E-state index is 10.4. The van der Waals surface area contributed by atoms with E-state index < -0.39 is 4.92 Å². The average Bonchev–Trinajstić information content (AvgIpc) is 2.53. The Balaban J connectivity index is 2.76. The standard InChI is InChI=1S/C7H9N3O3/c11-4-2-1-3-6-7(10(12)13)9-5-8-6/h1,3,5,11H,2,4H2,(H,8,9). The number of aliphatic hydroxyl groups is 1. The molecule has 0 spiro atoms. The summed E-state index contributed by atoms with van der Waals surface area (Å²) in [5.74, 6) is -0.130. The first-order valence-electron chi connectivity index (χ1n) is 3.71. The third-order valence-electron chi connectivity index (χ3n) is 1.40. The largest absolute Gasteiger partial charge is 0.396 e. The molecule has 0 fully saturated rings. The van der Waals surface area contributed by atoms with E-state index in [9.17, 15) is 10.1 Å². The summed E-state index contributed by atoms with van der Waals surface area (Å²) in [6, 6.07) is 0. The zero-order valence-electron chi connectivity index (χ0n) is 6.80. The van der Waals surface area contributed by atoms with E-state index in [4.69, 9.17) is 5.11 Å². The number of aromatic nitrogens is 2.